The molecule has 0 aliphatic heterocycles. The molecule has 0 fully saturated rings. The predicted molar refractivity (Wildman–Crippen MR) is 98.0 cm³/mol. The molecule has 2 aromatic carbocycles. The summed E-state index contributed by atoms with van der Waals surface area (Å²) < 4.78 is 4.83. The van der Waals surface area contributed by atoms with Gasteiger partial charge in [-0.1, -0.05) is 63.2 Å². The minimum Gasteiger partial charge on any atom is -0.507 e. The Morgan fingerprint density at radius 1 is 0.955 bits per heavy atom. The summed E-state index contributed by atoms with van der Waals surface area (Å²) in [6, 6.07) is 16.3. The van der Waals surface area contributed by atoms with Crippen LogP contribution in [-0.2, 0) is 5.41 Å². The summed E-state index contributed by atoms with van der Waals surface area (Å²) in [5.74, 6) is 0.344. The van der Waals surface area contributed by atoms with E-state index in [1.54, 1.807) is 0 Å². The van der Waals surface area contributed by atoms with Crippen LogP contribution >= 0.6 is 0 Å². The van der Waals surface area contributed by atoms with Crippen molar-refractivity contribution in [3.05, 3.63) is 59.7 Å². The first kappa shape index (κ1) is 16.5. The van der Waals surface area contributed by atoms with Gasteiger partial charge in [0, 0.05) is 11.8 Å². The molecule has 116 valence electrons. The molecule has 22 heavy (non-hydrogen) atoms. The molecular formula is C19H25NOSi. The van der Waals surface area contributed by atoms with Gasteiger partial charge in [-0.25, -0.2) is 0 Å². The molecule has 0 atom stereocenters. The predicted octanol–water partition coefficient (Wildman–Crippen LogP) is 4.22. The highest BCUT2D eigenvalue weighted by Crippen LogP contribution is 2.32. The second-order valence-corrected chi connectivity index (χ2v) is 11.1. The zero-order valence-corrected chi connectivity index (χ0v) is 15.1. The molecule has 0 spiro atoms. The van der Waals surface area contributed by atoms with E-state index in [9.17, 15) is 5.11 Å². The van der Waals surface area contributed by atoms with Crippen molar-refractivity contribution in [2.45, 2.75) is 39.3 Å². The summed E-state index contributed by atoms with van der Waals surface area (Å²) in [6.45, 7) is 10.7. The van der Waals surface area contributed by atoms with Crippen LogP contribution in [0.25, 0.3) is 0 Å². The van der Waals surface area contributed by atoms with Crippen LogP contribution in [0.1, 0.15) is 31.9 Å². The van der Waals surface area contributed by atoms with Gasteiger partial charge in [0.05, 0.1) is 0 Å². The van der Waals surface area contributed by atoms with E-state index in [0.29, 0.717) is 5.75 Å². The SMILES string of the molecule is CC(C)(C)c1cccc(C=N[Si](C)(C)c2ccccc2)c1O. The van der Waals surface area contributed by atoms with Gasteiger partial charge in [0.25, 0.3) is 0 Å². The van der Waals surface area contributed by atoms with Crippen LogP contribution < -0.4 is 5.19 Å². The Morgan fingerprint density at radius 3 is 2.18 bits per heavy atom. The van der Waals surface area contributed by atoms with E-state index < -0.39 is 8.24 Å². The smallest absolute Gasteiger partial charge is 0.205 e. The Bertz CT molecular complexity index is 670. The second kappa shape index (κ2) is 6.09. The molecule has 0 unspecified atom stereocenters. The lowest BCUT2D eigenvalue weighted by molar-refractivity contribution is 0.446. The van der Waals surface area contributed by atoms with Gasteiger partial charge in [-0.3, -0.25) is 0 Å². The Kier molecular flexibility index (Phi) is 4.57. The first-order valence-corrected chi connectivity index (χ1v) is 10.6. The van der Waals surface area contributed by atoms with Gasteiger partial charge >= 0.3 is 0 Å². The molecule has 3 heteroatoms. The fourth-order valence-electron chi connectivity index (χ4n) is 2.42. The molecule has 0 saturated carbocycles. The van der Waals surface area contributed by atoms with Crippen LogP contribution in [-0.4, -0.2) is 19.6 Å². The first-order valence-electron chi connectivity index (χ1n) is 7.65. The standard InChI is InChI=1S/C19H25NOSi/c1-19(2,3)17-13-9-10-15(18(17)21)14-20-22(4,5)16-11-7-6-8-12-16/h6-14,21H,1-5H3. The summed E-state index contributed by atoms with van der Waals surface area (Å²) in [5.41, 5.74) is 1.67. The monoisotopic (exact) mass is 311 g/mol. The Balaban J connectivity index is 2.35. The van der Waals surface area contributed by atoms with E-state index in [1.807, 2.05) is 30.5 Å². The molecule has 2 nitrogen and oxygen atoms in total. The maximum Gasteiger partial charge on any atom is 0.205 e. The molecule has 0 aromatic heterocycles. The lowest BCUT2D eigenvalue weighted by atomic mass is 9.85. The Morgan fingerprint density at radius 2 is 1.59 bits per heavy atom. The summed E-state index contributed by atoms with van der Waals surface area (Å²) >= 11 is 0. The minimum absolute atomic E-state index is 0.0830. The van der Waals surface area contributed by atoms with Crippen LogP contribution in [0.2, 0.25) is 13.1 Å². The third-order valence-corrected chi connectivity index (χ3v) is 6.40. The van der Waals surface area contributed by atoms with Gasteiger partial charge in [-0.05, 0) is 35.3 Å². The number of hydrogen-bond donors (Lipinski definition) is 1. The average Bonchev–Trinajstić information content (AvgIpc) is 2.46. The van der Waals surface area contributed by atoms with E-state index >= 15 is 0 Å². The first-order chi connectivity index (χ1) is 10.2. The van der Waals surface area contributed by atoms with Crippen molar-refractivity contribution in [3.8, 4) is 5.75 Å². The quantitative estimate of drug-likeness (QED) is 0.668. The summed E-state index contributed by atoms with van der Waals surface area (Å²) in [5, 5.41) is 11.8. The van der Waals surface area contributed by atoms with E-state index in [1.165, 1.54) is 5.19 Å². The Labute approximate surface area is 134 Å². The van der Waals surface area contributed by atoms with E-state index in [0.717, 1.165) is 11.1 Å². The van der Waals surface area contributed by atoms with Gasteiger partial charge < -0.3 is 9.76 Å². The van der Waals surface area contributed by atoms with Crippen molar-refractivity contribution < 1.29 is 5.11 Å². The van der Waals surface area contributed by atoms with Crippen molar-refractivity contribution in [1.82, 2.24) is 0 Å². The van der Waals surface area contributed by atoms with Crippen molar-refractivity contribution >= 4 is 19.6 Å². The number of phenols is 1. The number of aromatic hydroxyl groups is 1. The van der Waals surface area contributed by atoms with Crippen LogP contribution in [0, 0.1) is 0 Å². The summed E-state index contributed by atoms with van der Waals surface area (Å²) in [6.07, 6.45) is 1.84. The molecule has 0 bridgehead atoms. The van der Waals surface area contributed by atoms with Crippen molar-refractivity contribution in [1.29, 1.82) is 0 Å². The third-order valence-electron chi connectivity index (χ3n) is 3.88. The fraction of sp³-hybridized carbons (Fsp3) is 0.316. The number of hydrogen-bond acceptors (Lipinski definition) is 2. The molecule has 0 saturated heterocycles. The molecular weight excluding hydrogens is 286 g/mol. The second-order valence-electron chi connectivity index (χ2n) is 7.18. The average molecular weight is 312 g/mol. The molecule has 0 amide bonds. The lowest BCUT2D eigenvalue weighted by Crippen LogP contribution is -2.39. The van der Waals surface area contributed by atoms with Crippen molar-refractivity contribution in [2.75, 3.05) is 0 Å². The zero-order valence-electron chi connectivity index (χ0n) is 14.1. The molecule has 2 aromatic rings. The van der Waals surface area contributed by atoms with Crippen molar-refractivity contribution in [2.24, 2.45) is 4.66 Å². The van der Waals surface area contributed by atoms with Crippen molar-refractivity contribution in [3.63, 3.8) is 0 Å². The van der Waals surface area contributed by atoms with Crippen LogP contribution in [0.4, 0.5) is 0 Å². The normalized spacial score (nSPS) is 12.8. The maximum absolute atomic E-state index is 10.5. The molecule has 0 aliphatic carbocycles. The van der Waals surface area contributed by atoms with Gasteiger partial charge in [0.1, 0.15) is 5.75 Å². The number of nitrogens with zero attached hydrogens (tertiary/aromatic N) is 1. The number of rotatable bonds is 3. The largest absolute Gasteiger partial charge is 0.507 e. The van der Waals surface area contributed by atoms with Crippen LogP contribution in [0.5, 0.6) is 5.75 Å². The number of benzene rings is 2. The Hall–Kier alpha value is -1.87. The maximum atomic E-state index is 10.5. The van der Waals surface area contributed by atoms with Crippen LogP contribution in [0.3, 0.4) is 0 Å². The molecule has 0 aliphatic rings. The molecule has 0 heterocycles. The molecule has 0 radical (unpaired) electrons. The number of phenolic OH excluding ortho intramolecular Hbond substituents is 1. The third kappa shape index (κ3) is 3.66. The van der Waals surface area contributed by atoms with Gasteiger partial charge in [0.15, 0.2) is 0 Å². The molecule has 2 rings (SSSR count). The summed E-state index contributed by atoms with van der Waals surface area (Å²) in [7, 11) is -1.89. The van der Waals surface area contributed by atoms with E-state index in [-0.39, 0.29) is 5.41 Å². The lowest BCUT2D eigenvalue weighted by Gasteiger charge is -2.21. The van der Waals surface area contributed by atoms with Gasteiger partial charge in [-0.2, -0.15) is 0 Å². The van der Waals surface area contributed by atoms with Gasteiger partial charge in [0.2, 0.25) is 8.24 Å². The summed E-state index contributed by atoms with van der Waals surface area (Å²) in [4.78, 5) is 0. The van der Waals surface area contributed by atoms with Crippen LogP contribution in [0.15, 0.2) is 53.2 Å². The number of para-hydroxylation sites is 1. The highest BCUT2D eigenvalue weighted by Gasteiger charge is 2.23. The minimum atomic E-state index is -1.89. The fourth-order valence-corrected chi connectivity index (χ4v) is 4.04. The highest BCUT2D eigenvalue weighted by atomic mass is 28.3. The topological polar surface area (TPSA) is 32.6 Å². The highest BCUT2D eigenvalue weighted by molar-refractivity contribution is 6.89. The van der Waals surface area contributed by atoms with E-state index in [4.69, 9.17) is 4.66 Å². The zero-order chi connectivity index (χ0) is 16.4. The van der Waals surface area contributed by atoms with E-state index in [2.05, 4.69) is 58.1 Å². The molecule has 1 N–H and O–H groups in total. The van der Waals surface area contributed by atoms with Gasteiger partial charge in [-0.15, -0.1) is 0 Å².